The summed E-state index contributed by atoms with van der Waals surface area (Å²) < 4.78 is 0. The van der Waals surface area contributed by atoms with Crippen LogP contribution in [0.25, 0.3) is 0 Å². The SMILES string of the molecule is CCNCC.O=C(O)CC(=O)C(=O)O.[H-].[Na+]. The molecule has 7 heteroatoms. The minimum absolute atomic E-state index is 0. The summed E-state index contributed by atoms with van der Waals surface area (Å²) in [5, 5.41) is 18.8. The number of rotatable bonds is 5. The first-order chi connectivity index (χ1) is 6.45. The molecule has 0 aliphatic heterocycles. The van der Waals surface area contributed by atoms with Crippen molar-refractivity contribution in [2.24, 2.45) is 0 Å². The molecular formula is C8H16NNaO5. The molecule has 0 rings (SSSR count). The molecule has 3 N–H and O–H groups in total. The Morgan fingerprint density at radius 1 is 1.13 bits per heavy atom. The first kappa shape index (κ1) is 20.0. The van der Waals surface area contributed by atoms with E-state index in [9.17, 15) is 14.4 Å². The second-order valence-corrected chi connectivity index (χ2v) is 2.26. The number of carbonyl (C=O) groups excluding carboxylic acids is 1. The van der Waals surface area contributed by atoms with Gasteiger partial charge >= 0.3 is 41.5 Å². The van der Waals surface area contributed by atoms with E-state index in [1.165, 1.54) is 0 Å². The number of Topliss-reactive ketones (excluding diaryl/α,β-unsaturated/α-hetero) is 1. The molecule has 0 heterocycles. The minimum Gasteiger partial charge on any atom is -1.00 e. The maximum Gasteiger partial charge on any atom is 1.00 e. The van der Waals surface area contributed by atoms with E-state index in [2.05, 4.69) is 19.2 Å². The number of hydrogen-bond acceptors (Lipinski definition) is 4. The van der Waals surface area contributed by atoms with E-state index in [1.807, 2.05) is 0 Å². The van der Waals surface area contributed by atoms with Gasteiger partial charge in [-0.1, -0.05) is 13.8 Å². The van der Waals surface area contributed by atoms with E-state index < -0.39 is 24.1 Å². The Morgan fingerprint density at radius 2 is 1.53 bits per heavy atom. The molecular weight excluding hydrogens is 213 g/mol. The maximum absolute atomic E-state index is 9.97. The fraction of sp³-hybridized carbons (Fsp3) is 0.625. The predicted molar refractivity (Wildman–Crippen MR) is 50.2 cm³/mol. The molecule has 0 spiro atoms. The first-order valence-corrected chi connectivity index (χ1v) is 4.14. The van der Waals surface area contributed by atoms with Crippen molar-refractivity contribution in [3.05, 3.63) is 0 Å². The van der Waals surface area contributed by atoms with Gasteiger partial charge in [-0.3, -0.25) is 9.59 Å². The largest absolute Gasteiger partial charge is 1.00 e. The van der Waals surface area contributed by atoms with Crippen LogP contribution in [0.2, 0.25) is 0 Å². The van der Waals surface area contributed by atoms with Crippen LogP contribution in [0.3, 0.4) is 0 Å². The van der Waals surface area contributed by atoms with Gasteiger partial charge in [0.05, 0.1) is 0 Å². The number of carbonyl (C=O) groups is 3. The normalized spacial score (nSPS) is 7.87. The van der Waals surface area contributed by atoms with Crippen molar-refractivity contribution in [3.8, 4) is 0 Å². The van der Waals surface area contributed by atoms with Crippen LogP contribution in [0.1, 0.15) is 21.7 Å². The van der Waals surface area contributed by atoms with Gasteiger partial charge in [-0.05, 0) is 13.1 Å². The van der Waals surface area contributed by atoms with Crippen LogP contribution in [0.5, 0.6) is 0 Å². The molecule has 84 valence electrons. The standard InChI is InChI=1S/C4H11N.C4H4O5.Na.H/c1-3-5-4-2;5-2(4(8)9)1-3(6)7;;/h5H,3-4H2,1-2H3;1H2,(H,6,7)(H,8,9);;/q;;+1;-1. The second kappa shape index (κ2) is 13.6. The van der Waals surface area contributed by atoms with Crippen LogP contribution < -0.4 is 34.9 Å². The zero-order valence-electron chi connectivity index (χ0n) is 10.2. The molecule has 0 aromatic carbocycles. The summed E-state index contributed by atoms with van der Waals surface area (Å²) in [6.07, 6.45) is -0.949. The van der Waals surface area contributed by atoms with E-state index in [0.717, 1.165) is 13.1 Å². The molecule has 0 aliphatic carbocycles. The van der Waals surface area contributed by atoms with Crippen LogP contribution in [0.15, 0.2) is 0 Å². The van der Waals surface area contributed by atoms with Crippen LogP contribution in [-0.2, 0) is 14.4 Å². The van der Waals surface area contributed by atoms with Crippen molar-refractivity contribution in [1.29, 1.82) is 0 Å². The zero-order chi connectivity index (χ0) is 11.6. The Hall–Kier alpha value is -0.430. The maximum atomic E-state index is 9.97. The van der Waals surface area contributed by atoms with Gasteiger partial charge in [0, 0.05) is 0 Å². The average molecular weight is 229 g/mol. The van der Waals surface area contributed by atoms with Crippen molar-refractivity contribution >= 4 is 17.7 Å². The zero-order valence-corrected chi connectivity index (χ0v) is 11.2. The Kier molecular flexibility index (Phi) is 18.1. The summed E-state index contributed by atoms with van der Waals surface area (Å²) in [4.78, 5) is 29.2. The first-order valence-electron chi connectivity index (χ1n) is 4.14. The van der Waals surface area contributed by atoms with Gasteiger partial charge in [-0.25, -0.2) is 4.79 Å². The second-order valence-electron chi connectivity index (χ2n) is 2.26. The Balaban J connectivity index is -0.0000000904. The number of carboxylic acids is 2. The summed E-state index contributed by atoms with van der Waals surface area (Å²) in [6, 6.07) is 0. The van der Waals surface area contributed by atoms with Crippen LogP contribution in [0, 0.1) is 0 Å². The quantitative estimate of drug-likeness (QED) is 0.261. The summed E-state index contributed by atoms with van der Waals surface area (Å²) in [6.45, 7) is 6.39. The smallest absolute Gasteiger partial charge is 1.00 e. The minimum atomic E-state index is -1.71. The van der Waals surface area contributed by atoms with Gasteiger partial charge in [0.15, 0.2) is 0 Å². The third-order valence-electron chi connectivity index (χ3n) is 1.05. The fourth-order valence-corrected chi connectivity index (χ4v) is 0.463. The predicted octanol–water partition coefficient (Wildman–Crippen LogP) is -3.15. The van der Waals surface area contributed by atoms with Gasteiger partial charge in [0.25, 0.3) is 5.78 Å². The molecule has 0 atom stereocenters. The van der Waals surface area contributed by atoms with E-state index in [-0.39, 0.29) is 31.0 Å². The molecule has 0 unspecified atom stereocenters. The van der Waals surface area contributed by atoms with E-state index in [4.69, 9.17) is 10.2 Å². The van der Waals surface area contributed by atoms with Crippen molar-refractivity contribution in [1.82, 2.24) is 5.32 Å². The third-order valence-corrected chi connectivity index (χ3v) is 1.05. The number of aliphatic carboxylic acids is 2. The molecule has 0 radical (unpaired) electrons. The molecule has 0 aliphatic rings. The summed E-state index contributed by atoms with van der Waals surface area (Å²) in [5.41, 5.74) is 0. The number of hydrogen-bond donors (Lipinski definition) is 3. The van der Waals surface area contributed by atoms with Crippen molar-refractivity contribution < 1.29 is 55.6 Å². The van der Waals surface area contributed by atoms with Crippen molar-refractivity contribution in [2.75, 3.05) is 13.1 Å². The van der Waals surface area contributed by atoms with Crippen molar-refractivity contribution in [3.63, 3.8) is 0 Å². The van der Waals surface area contributed by atoms with E-state index >= 15 is 0 Å². The molecule has 0 saturated carbocycles. The molecule has 15 heavy (non-hydrogen) atoms. The molecule has 0 amide bonds. The molecule has 0 saturated heterocycles. The number of carboxylic acid groups (broad SMARTS) is 2. The van der Waals surface area contributed by atoms with E-state index in [1.54, 1.807) is 0 Å². The van der Waals surface area contributed by atoms with Gasteiger partial charge < -0.3 is 17.0 Å². The van der Waals surface area contributed by atoms with Crippen molar-refractivity contribution in [2.45, 2.75) is 20.3 Å². The van der Waals surface area contributed by atoms with E-state index in [0.29, 0.717) is 0 Å². The summed E-state index contributed by atoms with van der Waals surface area (Å²) in [5.74, 6) is -4.44. The molecule has 0 aromatic heterocycles. The summed E-state index contributed by atoms with van der Waals surface area (Å²) in [7, 11) is 0. The number of nitrogens with one attached hydrogen (secondary N) is 1. The Labute approximate surface area is 112 Å². The Morgan fingerprint density at radius 3 is 1.60 bits per heavy atom. The third kappa shape index (κ3) is 19.8. The van der Waals surface area contributed by atoms with Gasteiger partial charge in [-0.15, -0.1) is 0 Å². The van der Waals surface area contributed by atoms with Crippen LogP contribution >= 0.6 is 0 Å². The monoisotopic (exact) mass is 229 g/mol. The molecule has 0 fully saturated rings. The van der Waals surface area contributed by atoms with Gasteiger partial charge in [-0.2, -0.15) is 0 Å². The Bertz CT molecular complexity index is 211. The number of ketones is 1. The molecule has 0 aromatic rings. The van der Waals surface area contributed by atoms with Crippen LogP contribution in [-0.4, -0.2) is 41.0 Å². The van der Waals surface area contributed by atoms with Crippen LogP contribution in [0.4, 0.5) is 0 Å². The summed E-state index contributed by atoms with van der Waals surface area (Å²) >= 11 is 0. The van der Waals surface area contributed by atoms with Gasteiger partial charge in [0.1, 0.15) is 6.42 Å². The average Bonchev–Trinajstić information content (AvgIpc) is 2.05. The topological polar surface area (TPSA) is 104 Å². The molecule has 6 nitrogen and oxygen atoms in total. The molecule has 0 bridgehead atoms. The fourth-order valence-electron chi connectivity index (χ4n) is 0.463. The van der Waals surface area contributed by atoms with Gasteiger partial charge in [0.2, 0.25) is 0 Å².